The number of aryl methyl sites for hydroxylation is 1. The van der Waals surface area contributed by atoms with Crippen LogP contribution in [0.1, 0.15) is 18.1 Å². The van der Waals surface area contributed by atoms with Gasteiger partial charge in [0.25, 0.3) is 0 Å². The largest absolute Gasteiger partial charge is 0.305 e. The Morgan fingerprint density at radius 3 is 2.82 bits per heavy atom. The fourth-order valence-electron chi connectivity index (χ4n) is 2.34. The molecule has 4 nitrogen and oxygen atoms in total. The van der Waals surface area contributed by atoms with Crippen LogP contribution >= 0.6 is 0 Å². The van der Waals surface area contributed by atoms with E-state index in [1.807, 2.05) is 29.8 Å². The third-order valence-electron chi connectivity index (χ3n) is 3.49. The van der Waals surface area contributed by atoms with E-state index in [0.29, 0.717) is 16.8 Å². The monoisotopic (exact) mass is 292 g/mol. The third kappa shape index (κ3) is 2.47. The fraction of sp³-hybridized carbons (Fsp3) is 0.118. The summed E-state index contributed by atoms with van der Waals surface area (Å²) in [6, 6.07) is 8.35. The molecule has 0 aliphatic carbocycles. The minimum atomic E-state index is -0.434. The Bertz CT molecular complexity index is 848. The first-order valence-electron chi connectivity index (χ1n) is 6.90. The molecule has 0 aliphatic rings. The second-order valence-corrected chi connectivity index (χ2v) is 4.83. The van der Waals surface area contributed by atoms with Crippen molar-refractivity contribution >= 4 is 0 Å². The zero-order valence-electron chi connectivity index (χ0n) is 12.0. The number of nitriles is 1. The number of hydrogen-bond donors (Lipinski definition) is 0. The summed E-state index contributed by atoms with van der Waals surface area (Å²) in [5.41, 5.74) is 3.14. The predicted octanol–water partition coefficient (Wildman–Crippen LogP) is 3.51. The van der Waals surface area contributed by atoms with Gasteiger partial charge in [0.15, 0.2) is 0 Å². The third-order valence-corrected chi connectivity index (χ3v) is 3.49. The molecular formula is C17H13FN4. The number of pyridine rings is 1. The van der Waals surface area contributed by atoms with Crippen LogP contribution in [0.15, 0.2) is 49.2 Å². The quantitative estimate of drug-likeness (QED) is 0.742. The Hall–Kier alpha value is -3.00. The minimum absolute atomic E-state index is 0.300. The van der Waals surface area contributed by atoms with Crippen LogP contribution in [0.5, 0.6) is 0 Å². The molecule has 0 saturated heterocycles. The van der Waals surface area contributed by atoms with Gasteiger partial charge in [-0.2, -0.15) is 5.26 Å². The molecule has 2 heterocycles. The molecule has 0 unspecified atom stereocenters. The molecule has 0 amide bonds. The van der Waals surface area contributed by atoms with Crippen LogP contribution in [0.4, 0.5) is 4.39 Å². The summed E-state index contributed by atoms with van der Waals surface area (Å²) in [4.78, 5) is 8.43. The van der Waals surface area contributed by atoms with Gasteiger partial charge in [0.2, 0.25) is 0 Å². The van der Waals surface area contributed by atoms with Crippen molar-refractivity contribution in [3.05, 3.63) is 66.1 Å². The molecule has 0 fully saturated rings. The molecule has 22 heavy (non-hydrogen) atoms. The molecular weight excluding hydrogens is 279 g/mol. The first-order valence-corrected chi connectivity index (χ1v) is 6.90. The Morgan fingerprint density at radius 2 is 2.18 bits per heavy atom. The van der Waals surface area contributed by atoms with Crippen LogP contribution in [0.3, 0.4) is 0 Å². The van der Waals surface area contributed by atoms with Crippen LogP contribution in [0.25, 0.3) is 16.9 Å². The molecule has 0 spiro atoms. The van der Waals surface area contributed by atoms with Crippen molar-refractivity contribution in [2.45, 2.75) is 13.3 Å². The summed E-state index contributed by atoms with van der Waals surface area (Å²) >= 11 is 0. The van der Waals surface area contributed by atoms with E-state index in [1.54, 1.807) is 30.9 Å². The van der Waals surface area contributed by atoms with Gasteiger partial charge >= 0.3 is 0 Å². The van der Waals surface area contributed by atoms with E-state index < -0.39 is 5.82 Å². The lowest BCUT2D eigenvalue weighted by Gasteiger charge is -2.11. The van der Waals surface area contributed by atoms with E-state index >= 15 is 0 Å². The predicted molar refractivity (Wildman–Crippen MR) is 80.8 cm³/mol. The van der Waals surface area contributed by atoms with Crippen LogP contribution in [0, 0.1) is 17.1 Å². The molecule has 0 radical (unpaired) electrons. The average Bonchev–Trinajstić information content (AvgIpc) is 3.08. The molecule has 0 N–H and O–H groups in total. The highest BCUT2D eigenvalue weighted by Crippen LogP contribution is 2.27. The molecule has 108 valence electrons. The molecule has 1 aromatic carbocycles. The van der Waals surface area contributed by atoms with Gasteiger partial charge < -0.3 is 4.57 Å². The van der Waals surface area contributed by atoms with Crippen LogP contribution in [-0.2, 0) is 6.42 Å². The van der Waals surface area contributed by atoms with Crippen molar-refractivity contribution in [1.29, 1.82) is 5.26 Å². The van der Waals surface area contributed by atoms with Crippen molar-refractivity contribution in [2.24, 2.45) is 0 Å². The number of nitrogens with zero attached hydrogens (tertiary/aromatic N) is 4. The SMILES string of the molecule is CCc1cc(-n2ccnc2)cnc1-c1ccc(C#N)cc1F. The normalized spacial score (nSPS) is 10.4. The number of hydrogen-bond acceptors (Lipinski definition) is 3. The molecule has 3 aromatic rings. The summed E-state index contributed by atoms with van der Waals surface area (Å²) in [5, 5.41) is 8.83. The minimum Gasteiger partial charge on any atom is -0.305 e. The first-order chi connectivity index (χ1) is 10.7. The summed E-state index contributed by atoms with van der Waals surface area (Å²) < 4.78 is 16.1. The highest BCUT2D eigenvalue weighted by Gasteiger charge is 2.12. The highest BCUT2D eigenvalue weighted by atomic mass is 19.1. The fourth-order valence-corrected chi connectivity index (χ4v) is 2.34. The van der Waals surface area contributed by atoms with Crippen LogP contribution in [-0.4, -0.2) is 14.5 Å². The van der Waals surface area contributed by atoms with Gasteiger partial charge in [0.05, 0.1) is 35.5 Å². The molecule has 3 rings (SSSR count). The van der Waals surface area contributed by atoms with Crippen molar-refractivity contribution in [2.75, 3.05) is 0 Å². The lowest BCUT2D eigenvalue weighted by Crippen LogP contribution is -1.99. The first kappa shape index (κ1) is 14.0. The zero-order valence-corrected chi connectivity index (χ0v) is 12.0. The second-order valence-electron chi connectivity index (χ2n) is 4.83. The summed E-state index contributed by atoms with van der Waals surface area (Å²) in [6.45, 7) is 2.00. The maximum Gasteiger partial charge on any atom is 0.133 e. The standard InChI is InChI=1S/C17H13FN4/c1-2-13-8-14(22-6-5-20-11-22)10-21-17(13)15-4-3-12(9-19)7-16(15)18/h3-8,10-11H,2H2,1H3. The van der Waals surface area contributed by atoms with Crippen molar-refractivity contribution in [3.63, 3.8) is 0 Å². The van der Waals surface area contributed by atoms with Gasteiger partial charge in [-0.1, -0.05) is 6.92 Å². The summed E-state index contributed by atoms with van der Waals surface area (Å²) in [6.07, 6.45) is 7.63. The summed E-state index contributed by atoms with van der Waals surface area (Å²) in [5.74, 6) is -0.434. The number of halogens is 1. The lowest BCUT2D eigenvalue weighted by atomic mass is 10.0. The number of benzene rings is 1. The Balaban J connectivity index is 2.10. The Morgan fingerprint density at radius 1 is 1.32 bits per heavy atom. The molecule has 0 atom stereocenters. The maximum atomic E-state index is 14.2. The topological polar surface area (TPSA) is 54.5 Å². The average molecular weight is 292 g/mol. The molecule has 5 heteroatoms. The van der Waals surface area contributed by atoms with Crippen molar-refractivity contribution < 1.29 is 4.39 Å². The van der Waals surface area contributed by atoms with Gasteiger partial charge in [0.1, 0.15) is 5.82 Å². The van der Waals surface area contributed by atoms with Crippen molar-refractivity contribution in [3.8, 4) is 23.0 Å². The second kappa shape index (κ2) is 5.78. The maximum absolute atomic E-state index is 14.2. The van der Waals surface area contributed by atoms with Gasteiger partial charge in [-0.05, 0) is 36.2 Å². The Kier molecular flexibility index (Phi) is 3.67. The van der Waals surface area contributed by atoms with E-state index in [4.69, 9.17) is 5.26 Å². The molecule has 2 aromatic heterocycles. The summed E-state index contributed by atoms with van der Waals surface area (Å²) in [7, 11) is 0. The van der Waals surface area contributed by atoms with E-state index in [9.17, 15) is 4.39 Å². The lowest BCUT2D eigenvalue weighted by molar-refractivity contribution is 0.630. The van der Waals surface area contributed by atoms with E-state index in [-0.39, 0.29) is 0 Å². The van der Waals surface area contributed by atoms with Crippen LogP contribution in [0.2, 0.25) is 0 Å². The van der Waals surface area contributed by atoms with Crippen LogP contribution < -0.4 is 0 Å². The smallest absolute Gasteiger partial charge is 0.133 e. The van der Waals surface area contributed by atoms with E-state index in [1.165, 1.54) is 6.07 Å². The van der Waals surface area contributed by atoms with Crippen molar-refractivity contribution in [1.82, 2.24) is 14.5 Å². The number of imidazole rings is 1. The molecule has 0 saturated carbocycles. The number of rotatable bonds is 3. The Labute approximate surface area is 127 Å². The highest BCUT2D eigenvalue weighted by molar-refractivity contribution is 5.66. The van der Waals surface area contributed by atoms with Gasteiger partial charge in [-0.25, -0.2) is 9.37 Å². The van der Waals surface area contributed by atoms with Gasteiger partial charge in [0, 0.05) is 18.0 Å². The zero-order chi connectivity index (χ0) is 15.5. The van der Waals surface area contributed by atoms with Gasteiger partial charge in [-0.3, -0.25) is 4.98 Å². The molecule has 0 bridgehead atoms. The number of aromatic nitrogens is 3. The van der Waals surface area contributed by atoms with E-state index in [2.05, 4.69) is 9.97 Å². The van der Waals surface area contributed by atoms with Gasteiger partial charge in [-0.15, -0.1) is 0 Å². The molecule has 0 aliphatic heterocycles. The van der Waals surface area contributed by atoms with E-state index in [0.717, 1.165) is 17.7 Å².